The van der Waals surface area contributed by atoms with Crippen molar-refractivity contribution < 1.29 is 14.3 Å². The van der Waals surface area contributed by atoms with Gasteiger partial charge >= 0.3 is 0 Å². The summed E-state index contributed by atoms with van der Waals surface area (Å²) in [4.78, 5) is 12.7. The molecule has 2 aromatic rings. The molecule has 0 bridgehead atoms. The molecular weight excluding hydrogens is 316 g/mol. The average Bonchev–Trinajstić information content (AvgIpc) is 2.96. The van der Waals surface area contributed by atoms with Crippen LogP contribution in [0.4, 0.5) is 0 Å². The van der Waals surface area contributed by atoms with Crippen LogP contribution in [-0.2, 0) is 0 Å². The fourth-order valence-electron chi connectivity index (χ4n) is 3.02. The first-order valence-electron chi connectivity index (χ1n) is 8.14. The van der Waals surface area contributed by atoms with Crippen LogP contribution in [0.25, 0.3) is 0 Å². The molecule has 0 N–H and O–H groups in total. The van der Waals surface area contributed by atoms with Gasteiger partial charge in [-0.1, -0.05) is 32.0 Å². The maximum absolute atomic E-state index is 12.7. The number of hydrazone groups is 1. The Morgan fingerprint density at radius 2 is 1.72 bits per heavy atom. The van der Waals surface area contributed by atoms with Gasteiger partial charge in [0.25, 0.3) is 5.91 Å². The number of rotatable bonds is 4. The SMILES string of the molecule is COc1ccc(C2=NN(C(=O)c3ccccc3)CC2(C)C)cc1OC. The molecule has 3 rings (SSSR count). The van der Waals surface area contributed by atoms with Gasteiger partial charge < -0.3 is 9.47 Å². The van der Waals surface area contributed by atoms with Gasteiger partial charge in [0.15, 0.2) is 11.5 Å². The third kappa shape index (κ3) is 3.22. The third-order valence-corrected chi connectivity index (χ3v) is 4.32. The summed E-state index contributed by atoms with van der Waals surface area (Å²) in [5.41, 5.74) is 2.16. The van der Waals surface area contributed by atoms with E-state index in [0.29, 0.717) is 23.6 Å². The smallest absolute Gasteiger partial charge is 0.273 e. The van der Waals surface area contributed by atoms with E-state index in [1.165, 1.54) is 0 Å². The molecule has 0 fully saturated rings. The standard InChI is InChI=1S/C20H22N2O3/c1-20(2)13-22(19(23)14-8-6-5-7-9-14)21-18(20)15-10-11-16(24-3)17(12-15)25-4/h5-12H,13H2,1-4H3. The second-order valence-electron chi connectivity index (χ2n) is 6.63. The van der Waals surface area contributed by atoms with Crippen molar-refractivity contribution in [3.05, 3.63) is 59.7 Å². The summed E-state index contributed by atoms with van der Waals surface area (Å²) in [6.45, 7) is 4.70. The molecule has 1 heterocycles. The van der Waals surface area contributed by atoms with Gasteiger partial charge in [0.1, 0.15) is 0 Å². The minimum absolute atomic E-state index is 0.0934. The van der Waals surface area contributed by atoms with Gasteiger partial charge in [-0.3, -0.25) is 4.79 Å². The van der Waals surface area contributed by atoms with Crippen molar-refractivity contribution in [1.82, 2.24) is 5.01 Å². The number of carbonyl (C=O) groups excluding carboxylic acids is 1. The highest BCUT2D eigenvalue weighted by atomic mass is 16.5. The van der Waals surface area contributed by atoms with E-state index in [9.17, 15) is 4.79 Å². The highest BCUT2D eigenvalue weighted by molar-refractivity contribution is 6.08. The first-order valence-corrected chi connectivity index (χ1v) is 8.14. The lowest BCUT2D eigenvalue weighted by Gasteiger charge is -2.21. The minimum Gasteiger partial charge on any atom is -0.493 e. The fraction of sp³-hybridized carbons (Fsp3) is 0.300. The lowest BCUT2D eigenvalue weighted by molar-refractivity contribution is 0.0753. The molecule has 5 heteroatoms. The molecule has 0 radical (unpaired) electrons. The van der Waals surface area contributed by atoms with Crippen LogP contribution in [0.15, 0.2) is 53.6 Å². The van der Waals surface area contributed by atoms with E-state index in [2.05, 4.69) is 18.9 Å². The zero-order chi connectivity index (χ0) is 18.0. The highest BCUT2D eigenvalue weighted by Gasteiger charge is 2.38. The summed E-state index contributed by atoms with van der Waals surface area (Å²) in [7, 11) is 3.21. The molecule has 25 heavy (non-hydrogen) atoms. The minimum atomic E-state index is -0.260. The third-order valence-electron chi connectivity index (χ3n) is 4.32. The van der Waals surface area contributed by atoms with Crippen LogP contribution < -0.4 is 9.47 Å². The van der Waals surface area contributed by atoms with Crippen LogP contribution in [-0.4, -0.2) is 37.4 Å². The van der Waals surface area contributed by atoms with E-state index in [-0.39, 0.29) is 11.3 Å². The van der Waals surface area contributed by atoms with Crippen LogP contribution in [0.3, 0.4) is 0 Å². The quantitative estimate of drug-likeness (QED) is 0.856. The Labute approximate surface area is 147 Å². The Morgan fingerprint density at radius 1 is 1.04 bits per heavy atom. The van der Waals surface area contributed by atoms with Crippen LogP contribution in [0.5, 0.6) is 11.5 Å². The molecule has 2 aromatic carbocycles. The Balaban J connectivity index is 1.96. The predicted octanol–water partition coefficient (Wildman–Crippen LogP) is 3.59. The number of ether oxygens (including phenoxy) is 2. The summed E-state index contributed by atoms with van der Waals surface area (Å²) in [6, 6.07) is 14.9. The lowest BCUT2D eigenvalue weighted by Crippen LogP contribution is -2.31. The second kappa shape index (κ2) is 6.59. The first-order chi connectivity index (χ1) is 12.0. The summed E-state index contributed by atoms with van der Waals surface area (Å²) in [5.74, 6) is 1.22. The summed E-state index contributed by atoms with van der Waals surface area (Å²) >= 11 is 0. The molecule has 0 unspecified atom stereocenters. The maximum Gasteiger partial charge on any atom is 0.273 e. The number of methoxy groups -OCH3 is 2. The molecule has 0 saturated heterocycles. The molecule has 0 saturated carbocycles. The fourth-order valence-corrected chi connectivity index (χ4v) is 3.02. The topological polar surface area (TPSA) is 51.1 Å². The van der Waals surface area contributed by atoms with Crippen molar-refractivity contribution in [2.45, 2.75) is 13.8 Å². The van der Waals surface area contributed by atoms with E-state index in [1.54, 1.807) is 31.4 Å². The molecule has 1 aliphatic rings. The second-order valence-corrected chi connectivity index (χ2v) is 6.63. The monoisotopic (exact) mass is 338 g/mol. The van der Waals surface area contributed by atoms with Gasteiger partial charge in [0.05, 0.1) is 26.5 Å². The van der Waals surface area contributed by atoms with Gasteiger partial charge in [-0.2, -0.15) is 5.10 Å². The van der Waals surface area contributed by atoms with Crippen molar-refractivity contribution in [3.8, 4) is 11.5 Å². The van der Waals surface area contributed by atoms with Gasteiger partial charge in [-0.15, -0.1) is 0 Å². The summed E-state index contributed by atoms with van der Waals surface area (Å²) < 4.78 is 10.7. The van der Waals surface area contributed by atoms with Crippen LogP contribution in [0, 0.1) is 5.41 Å². The van der Waals surface area contributed by atoms with E-state index in [0.717, 1.165) is 11.3 Å². The zero-order valence-electron chi connectivity index (χ0n) is 14.9. The van der Waals surface area contributed by atoms with E-state index in [1.807, 2.05) is 36.4 Å². The predicted molar refractivity (Wildman–Crippen MR) is 97.3 cm³/mol. The number of nitrogens with zero attached hydrogens (tertiary/aromatic N) is 2. The molecule has 0 aromatic heterocycles. The number of carbonyl (C=O) groups is 1. The van der Waals surface area contributed by atoms with Crippen molar-refractivity contribution >= 4 is 11.6 Å². The van der Waals surface area contributed by atoms with Crippen molar-refractivity contribution in [1.29, 1.82) is 0 Å². The Morgan fingerprint density at radius 3 is 2.36 bits per heavy atom. The van der Waals surface area contributed by atoms with E-state index < -0.39 is 0 Å². The Bertz CT molecular complexity index is 813. The van der Waals surface area contributed by atoms with Crippen LogP contribution in [0.1, 0.15) is 29.8 Å². The lowest BCUT2D eigenvalue weighted by atomic mass is 9.84. The number of benzene rings is 2. The average molecular weight is 338 g/mol. The molecule has 1 amide bonds. The first kappa shape index (κ1) is 17.0. The maximum atomic E-state index is 12.7. The highest BCUT2D eigenvalue weighted by Crippen LogP contribution is 2.35. The van der Waals surface area contributed by atoms with E-state index >= 15 is 0 Å². The molecule has 0 atom stereocenters. The van der Waals surface area contributed by atoms with Gasteiger partial charge in [0.2, 0.25) is 0 Å². The van der Waals surface area contributed by atoms with Gasteiger partial charge in [-0.25, -0.2) is 5.01 Å². The zero-order valence-corrected chi connectivity index (χ0v) is 14.9. The van der Waals surface area contributed by atoms with Crippen molar-refractivity contribution in [3.63, 3.8) is 0 Å². The molecular formula is C20H22N2O3. The molecule has 1 aliphatic heterocycles. The van der Waals surface area contributed by atoms with Crippen LogP contribution in [0.2, 0.25) is 0 Å². The summed E-state index contributed by atoms with van der Waals surface area (Å²) in [6.07, 6.45) is 0. The number of amides is 1. The summed E-state index contributed by atoms with van der Waals surface area (Å²) in [5, 5.41) is 6.17. The van der Waals surface area contributed by atoms with Crippen LogP contribution >= 0.6 is 0 Å². The largest absolute Gasteiger partial charge is 0.493 e. The number of hydrogen-bond acceptors (Lipinski definition) is 4. The normalized spacial score (nSPS) is 15.7. The number of hydrogen-bond donors (Lipinski definition) is 0. The molecule has 0 aliphatic carbocycles. The van der Waals surface area contributed by atoms with E-state index in [4.69, 9.17) is 9.47 Å². The van der Waals surface area contributed by atoms with Crippen molar-refractivity contribution in [2.75, 3.05) is 20.8 Å². The molecule has 5 nitrogen and oxygen atoms in total. The Kier molecular flexibility index (Phi) is 4.49. The van der Waals surface area contributed by atoms with Crippen molar-refractivity contribution in [2.24, 2.45) is 10.5 Å². The van der Waals surface area contributed by atoms with Gasteiger partial charge in [0, 0.05) is 16.5 Å². The van der Waals surface area contributed by atoms with Gasteiger partial charge in [-0.05, 0) is 30.3 Å². The Hall–Kier alpha value is -2.82. The molecule has 130 valence electrons. The molecule has 0 spiro atoms.